The molecule has 174 valence electrons. The molecule has 2 amide bonds. The van der Waals surface area contributed by atoms with Gasteiger partial charge in [-0.25, -0.2) is 0 Å². The van der Waals surface area contributed by atoms with E-state index in [4.69, 9.17) is 16.2 Å². The number of nitrogens with zero attached hydrogens (tertiary/aromatic N) is 4. The van der Waals surface area contributed by atoms with Gasteiger partial charge in [-0.3, -0.25) is 9.59 Å². The van der Waals surface area contributed by atoms with Crippen LogP contribution in [0, 0.1) is 6.92 Å². The van der Waals surface area contributed by atoms with E-state index in [0.29, 0.717) is 6.42 Å². The summed E-state index contributed by atoms with van der Waals surface area (Å²) in [6.45, 7) is 4.72. The zero-order valence-corrected chi connectivity index (χ0v) is 18.7. The minimum absolute atomic E-state index is 0.00144. The van der Waals surface area contributed by atoms with Gasteiger partial charge >= 0.3 is 0 Å². The maximum absolute atomic E-state index is 12.0. The summed E-state index contributed by atoms with van der Waals surface area (Å²) in [5, 5.41) is 14.8. The molecule has 2 atom stereocenters. The molecule has 11 nitrogen and oxygen atoms in total. The average Bonchev–Trinajstić information content (AvgIpc) is 3.45. The molecule has 11 heteroatoms. The zero-order chi connectivity index (χ0) is 23.5. The van der Waals surface area contributed by atoms with E-state index in [1.54, 1.807) is 0 Å². The number of benzene rings is 1. The van der Waals surface area contributed by atoms with Crippen LogP contribution in [0.5, 0.6) is 0 Å². The largest absolute Gasteiger partial charge is 0.368 e. The fourth-order valence-corrected chi connectivity index (χ4v) is 4.08. The molecule has 1 fully saturated rings. The monoisotopic (exact) mass is 452 g/mol. The van der Waals surface area contributed by atoms with Crippen molar-refractivity contribution in [1.29, 1.82) is 0 Å². The van der Waals surface area contributed by atoms with Crippen molar-refractivity contribution in [1.82, 2.24) is 19.7 Å². The first-order chi connectivity index (χ1) is 15.9. The Hall–Kier alpha value is -3.73. The van der Waals surface area contributed by atoms with E-state index in [-0.39, 0.29) is 23.7 Å². The second-order valence-electron chi connectivity index (χ2n) is 8.09. The predicted octanol–water partition coefficient (Wildman–Crippen LogP) is 2.35. The van der Waals surface area contributed by atoms with E-state index in [1.807, 2.05) is 38.2 Å². The number of rotatable bonds is 9. The van der Waals surface area contributed by atoms with E-state index in [2.05, 4.69) is 30.4 Å². The molecular weight excluding hydrogens is 424 g/mol. The average molecular weight is 453 g/mol. The molecule has 0 saturated carbocycles. The maximum Gasteiger partial charge on any atom is 0.273 e. The Labute approximate surface area is 190 Å². The topological polar surface area (TPSA) is 163 Å². The van der Waals surface area contributed by atoms with Gasteiger partial charge < -0.3 is 31.4 Å². The summed E-state index contributed by atoms with van der Waals surface area (Å²) >= 11 is 0. The first-order valence-corrected chi connectivity index (χ1v) is 11.0. The summed E-state index contributed by atoms with van der Waals surface area (Å²) in [4.78, 5) is 28.1. The van der Waals surface area contributed by atoms with Crippen molar-refractivity contribution < 1.29 is 14.3 Å². The van der Waals surface area contributed by atoms with Crippen molar-refractivity contribution in [3.63, 3.8) is 0 Å². The smallest absolute Gasteiger partial charge is 0.273 e. The van der Waals surface area contributed by atoms with Crippen LogP contribution >= 0.6 is 0 Å². The summed E-state index contributed by atoms with van der Waals surface area (Å²) in [6.07, 6.45) is 5.22. The lowest BCUT2D eigenvalue weighted by molar-refractivity contribution is -0.118. The third kappa shape index (κ3) is 4.58. The number of hydrogen-bond acceptors (Lipinski definition) is 8. The second kappa shape index (κ2) is 9.41. The van der Waals surface area contributed by atoms with Crippen molar-refractivity contribution in [2.24, 2.45) is 11.5 Å². The molecule has 4 rings (SSSR count). The van der Waals surface area contributed by atoms with Crippen molar-refractivity contribution in [2.45, 2.75) is 51.8 Å². The lowest BCUT2D eigenvalue weighted by Crippen LogP contribution is -2.36. The summed E-state index contributed by atoms with van der Waals surface area (Å²) in [5.41, 5.74) is 13.7. The Balaban J connectivity index is 1.71. The number of primary amides is 2. The van der Waals surface area contributed by atoms with Crippen LogP contribution in [0.15, 0.2) is 24.4 Å². The van der Waals surface area contributed by atoms with E-state index in [0.717, 1.165) is 48.0 Å². The van der Waals surface area contributed by atoms with Gasteiger partial charge in [0.2, 0.25) is 11.9 Å². The van der Waals surface area contributed by atoms with Gasteiger partial charge in [-0.1, -0.05) is 19.4 Å². The number of ether oxygens (including phenoxy) is 1. The Kier molecular flexibility index (Phi) is 6.40. The van der Waals surface area contributed by atoms with Crippen molar-refractivity contribution in [3.8, 4) is 0 Å². The molecule has 6 N–H and O–H groups in total. The fourth-order valence-electron chi connectivity index (χ4n) is 4.08. The molecule has 0 bridgehead atoms. The minimum Gasteiger partial charge on any atom is -0.368 e. The lowest BCUT2D eigenvalue weighted by Gasteiger charge is -2.17. The second-order valence-corrected chi connectivity index (χ2v) is 8.09. The highest BCUT2D eigenvalue weighted by Crippen LogP contribution is 2.34. The van der Waals surface area contributed by atoms with Crippen molar-refractivity contribution in [3.05, 3.63) is 35.7 Å². The molecule has 3 aromatic rings. The number of carbonyl (C=O) groups excluding carboxylic acids is 2. The molecule has 2 aromatic heterocycles. The standard InChI is InChI=1S/C22H28N8O3/c1-3-5-15(19(23)31)26-22-27-21(17(20(24)32)28-29-22)25-14-8-7-12(2)18-13(14)9-10-30(18)16-6-4-11-33-16/h7-10,15-16H,3-6,11H2,1-2H3,(H2,23,31)(H2,24,32)(H2,25,26,27,29)/t15-,16?/m1/s1. The molecule has 1 aliphatic heterocycles. The summed E-state index contributed by atoms with van der Waals surface area (Å²) in [5.74, 6) is -1.09. The minimum atomic E-state index is -0.774. The van der Waals surface area contributed by atoms with Gasteiger partial charge in [-0.15, -0.1) is 10.2 Å². The van der Waals surface area contributed by atoms with Crippen LogP contribution in [0.25, 0.3) is 10.9 Å². The summed E-state index contributed by atoms with van der Waals surface area (Å²) in [7, 11) is 0. The van der Waals surface area contributed by atoms with Gasteiger partial charge in [0.15, 0.2) is 11.5 Å². The van der Waals surface area contributed by atoms with Gasteiger partial charge in [0.25, 0.3) is 5.91 Å². The van der Waals surface area contributed by atoms with Crippen molar-refractivity contribution >= 4 is 40.2 Å². The molecule has 1 unspecified atom stereocenters. The highest BCUT2D eigenvalue weighted by molar-refractivity contribution is 6.00. The molecular formula is C22H28N8O3. The molecule has 0 radical (unpaired) electrons. The number of carbonyl (C=O) groups is 2. The fraction of sp³-hybridized carbons (Fsp3) is 0.409. The van der Waals surface area contributed by atoms with E-state index in [1.165, 1.54) is 0 Å². The normalized spacial score (nSPS) is 16.6. The van der Waals surface area contributed by atoms with Gasteiger partial charge in [0, 0.05) is 23.9 Å². The summed E-state index contributed by atoms with van der Waals surface area (Å²) in [6, 6.07) is 5.23. The predicted molar refractivity (Wildman–Crippen MR) is 124 cm³/mol. The molecule has 1 aliphatic rings. The highest BCUT2D eigenvalue weighted by atomic mass is 16.5. The highest BCUT2D eigenvalue weighted by Gasteiger charge is 2.22. The lowest BCUT2D eigenvalue weighted by atomic mass is 10.1. The number of anilines is 3. The number of nitrogens with one attached hydrogen (secondary N) is 2. The molecule has 0 aliphatic carbocycles. The van der Waals surface area contributed by atoms with Gasteiger partial charge in [-0.05, 0) is 43.9 Å². The van der Waals surface area contributed by atoms with E-state index in [9.17, 15) is 9.59 Å². The first kappa shape index (κ1) is 22.5. The molecule has 3 heterocycles. The Morgan fingerprint density at radius 1 is 1.27 bits per heavy atom. The van der Waals surface area contributed by atoms with Crippen LogP contribution in [0.2, 0.25) is 0 Å². The van der Waals surface area contributed by atoms with E-state index < -0.39 is 17.9 Å². The zero-order valence-electron chi connectivity index (χ0n) is 18.7. The summed E-state index contributed by atoms with van der Waals surface area (Å²) < 4.78 is 8.00. The van der Waals surface area contributed by atoms with Crippen LogP contribution in [0.3, 0.4) is 0 Å². The van der Waals surface area contributed by atoms with Crippen LogP contribution in [-0.2, 0) is 9.53 Å². The Morgan fingerprint density at radius 2 is 2.09 bits per heavy atom. The molecule has 33 heavy (non-hydrogen) atoms. The number of aromatic nitrogens is 4. The number of amides is 2. The van der Waals surface area contributed by atoms with Crippen LogP contribution in [0.4, 0.5) is 17.5 Å². The number of aryl methyl sites for hydroxylation is 1. The molecule has 1 saturated heterocycles. The Bertz CT molecular complexity index is 1190. The number of fused-ring (bicyclic) bond motifs is 1. The van der Waals surface area contributed by atoms with Crippen molar-refractivity contribution in [2.75, 3.05) is 17.2 Å². The van der Waals surface area contributed by atoms with Gasteiger partial charge in [0.1, 0.15) is 12.3 Å². The first-order valence-electron chi connectivity index (χ1n) is 11.0. The van der Waals surface area contributed by atoms with Crippen LogP contribution in [-0.4, -0.2) is 44.2 Å². The maximum atomic E-state index is 12.0. The molecule has 1 aromatic carbocycles. The van der Waals surface area contributed by atoms with Gasteiger partial charge in [-0.2, -0.15) is 4.98 Å². The van der Waals surface area contributed by atoms with Crippen LogP contribution < -0.4 is 22.1 Å². The number of hydrogen-bond donors (Lipinski definition) is 4. The number of nitrogens with two attached hydrogens (primary N) is 2. The third-order valence-electron chi connectivity index (χ3n) is 5.69. The van der Waals surface area contributed by atoms with Crippen LogP contribution in [0.1, 0.15) is 54.9 Å². The van der Waals surface area contributed by atoms with E-state index >= 15 is 0 Å². The Morgan fingerprint density at radius 3 is 2.76 bits per heavy atom. The molecule has 0 spiro atoms. The third-order valence-corrected chi connectivity index (χ3v) is 5.69. The van der Waals surface area contributed by atoms with Gasteiger partial charge in [0.05, 0.1) is 5.52 Å². The quantitative estimate of drug-likeness (QED) is 0.384. The SMILES string of the molecule is CCC[C@@H](Nc1nnc(C(N)=O)c(Nc2ccc(C)c3c2ccn3C2CCCO2)n1)C(N)=O.